The standard InChI is InChI=1S/C21H24N4O/c1-4-20(18-10-7-11-22-13-18)24(3)21(26)17-9-6-8-16(12-17)19-14-23-25(5-2)15-19/h6-15,20H,4-5H2,1-3H3/t20-/m0/s1. The average molecular weight is 348 g/mol. The molecular formula is C21H24N4O. The van der Waals surface area contributed by atoms with Crippen molar-refractivity contribution >= 4 is 5.91 Å². The maximum absolute atomic E-state index is 13.0. The first-order chi connectivity index (χ1) is 12.6. The molecule has 1 aromatic carbocycles. The summed E-state index contributed by atoms with van der Waals surface area (Å²) in [4.78, 5) is 19.0. The fourth-order valence-electron chi connectivity index (χ4n) is 3.17. The molecule has 0 aliphatic carbocycles. The Bertz CT molecular complexity index is 872. The van der Waals surface area contributed by atoms with Crippen molar-refractivity contribution in [3.8, 4) is 11.1 Å². The number of aromatic nitrogens is 3. The number of hydrogen-bond donors (Lipinski definition) is 0. The van der Waals surface area contributed by atoms with E-state index in [4.69, 9.17) is 0 Å². The van der Waals surface area contributed by atoms with Gasteiger partial charge in [0.1, 0.15) is 0 Å². The van der Waals surface area contributed by atoms with Crippen LogP contribution in [0.4, 0.5) is 0 Å². The molecule has 0 saturated carbocycles. The van der Waals surface area contributed by atoms with Crippen LogP contribution in [0.15, 0.2) is 61.2 Å². The highest BCUT2D eigenvalue weighted by atomic mass is 16.2. The molecule has 1 amide bonds. The Morgan fingerprint density at radius 1 is 1.15 bits per heavy atom. The van der Waals surface area contributed by atoms with Crippen LogP contribution < -0.4 is 0 Å². The number of rotatable bonds is 6. The zero-order valence-corrected chi connectivity index (χ0v) is 15.5. The van der Waals surface area contributed by atoms with E-state index in [1.807, 2.05) is 66.7 Å². The summed E-state index contributed by atoms with van der Waals surface area (Å²) in [7, 11) is 1.85. The molecule has 0 aliphatic rings. The molecule has 0 aliphatic heterocycles. The molecule has 5 nitrogen and oxygen atoms in total. The van der Waals surface area contributed by atoms with Crippen molar-refractivity contribution in [1.82, 2.24) is 19.7 Å². The van der Waals surface area contributed by atoms with Crippen LogP contribution in [0, 0.1) is 0 Å². The maximum Gasteiger partial charge on any atom is 0.254 e. The Hall–Kier alpha value is -2.95. The van der Waals surface area contributed by atoms with E-state index in [9.17, 15) is 4.79 Å². The molecule has 0 radical (unpaired) electrons. The first kappa shape index (κ1) is 17.9. The summed E-state index contributed by atoms with van der Waals surface area (Å²) in [5.41, 5.74) is 3.74. The predicted octanol–water partition coefficient (Wildman–Crippen LogP) is 4.19. The van der Waals surface area contributed by atoms with Gasteiger partial charge in [0.05, 0.1) is 12.2 Å². The molecule has 0 bridgehead atoms. The molecule has 3 aromatic rings. The van der Waals surface area contributed by atoms with Gasteiger partial charge in [-0.25, -0.2) is 0 Å². The maximum atomic E-state index is 13.0. The van der Waals surface area contributed by atoms with E-state index in [0.29, 0.717) is 5.56 Å². The minimum Gasteiger partial charge on any atom is -0.335 e. The smallest absolute Gasteiger partial charge is 0.254 e. The van der Waals surface area contributed by atoms with Crippen LogP contribution in [0.25, 0.3) is 11.1 Å². The van der Waals surface area contributed by atoms with Crippen molar-refractivity contribution < 1.29 is 4.79 Å². The Morgan fingerprint density at radius 2 is 2.00 bits per heavy atom. The Labute approximate surface area is 154 Å². The third kappa shape index (κ3) is 3.67. The average Bonchev–Trinajstić information content (AvgIpc) is 3.18. The van der Waals surface area contributed by atoms with E-state index in [1.54, 1.807) is 11.1 Å². The summed E-state index contributed by atoms with van der Waals surface area (Å²) >= 11 is 0. The first-order valence-corrected chi connectivity index (χ1v) is 8.94. The van der Waals surface area contributed by atoms with Gasteiger partial charge in [-0.2, -0.15) is 5.10 Å². The second-order valence-corrected chi connectivity index (χ2v) is 6.29. The van der Waals surface area contributed by atoms with Crippen molar-refractivity contribution in [2.75, 3.05) is 7.05 Å². The lowest BCUT2D eigenvalue weighted by molar-refractivity contribution is 0.0726. The van der Waals surface area contributed by atoms with Crippen molar-refractivity contribution in [2.24, 2.45) is 0 Å². The quantitative estimate of drug-likeness (QED) is 0.671. The highest BCUT2D eigenvalue weighted by molar-refractivity contribution is 5.95. The Kier molecular flexibility index (Phi) is 5.46. The number of hydrogen-bond acceptors (Lipinski definition) is 3. The van der Waals surface area contributed by atoms with Crippen LogP contribution in [-0.4, -0.2) is 32.6 Å². The van der Waals surface area contributed by atoms with Gasteiger partial charge in [0.2, 0.25) is 0 Å². The van der Waals surface area contributed by atoms with Crippen molar-refractivity contribution in [3.63, 3.8) is 0 Å². The topological polar surface area (TPSA) is 51.0 Å². The molecule has 5 heteroatoms. The second kappa shape index (κ2) is 7.95. The molecule has 2 heterocycles. The number of nitrogens with zero attached hydrogens (tertiary/aromatic N) is 4. The minimum atomic E-state index is 0.00250. The van der Waals surface area contributed by atoms with Crippen molar-refractivity contribution in [2.45, 2.75) is 32.9 Å². The van der Waals surface area contributed by atoms with Gasteiger partial charge in [-0.1, -0.05) is 25.1 Å². The molecule has 0 saturated heterocycles. The zero-order chi connectivity index (χ0) is 18.5. The molecule has 134 valence electrons. The van der Waals surface area contributed by atoms with Gasteiger partial charge in [0.15, 0.2) is 0 Å². The highest BCUT2D eigenvalue weighted by Crippen LogP contribution is 2.25. The molecule has 2 aromatic heterocycles. The van der Waals surface area contributed by atoms with Gasteiger partial charge in [-0.05, 0) is 42.7 Å². The highest BCUT2D eigenvalue weighted by Gasteiger charge is 2.21. The van der Waals surface area contributed by atoms with Crippen LogP contribution in [0.3, 0.4) is 0 Å². The number of aryl methyl sites for hydroxylation is 1. The van der Waals surface area contributed by atoms with Gasteiger partial charge in [-0.15, -0.1) is 0 Å². The Morgan fingerprint density at radius 3 is 2.65 bits per heavy atom. The molecule has 26 heavy (non-hydrogen) atoms. The van der Waals surface area contributed by atoms with Gasteiger partial charge in [0.25, 0.3) is 5.91 Å². The number of amides is 1. The van der Waals surface area contributed by atoms with Gasteiger partial charge in [0, 0.05) is 43.3 Å². The van der Waals surface area contributed by atoms with E-state index in [2.05, 4.69) is 23.9 Å². The summed E-state index contributed by atoms with van der Waals surface area (Å²) < 4.78 is 1.88. The van der Waals surface area contributed by atoms with E-state index in [1.165, 1.54) is 0 Å². The lowest BCUT2D eigenvalue weighted by atomic mass is 10.0. The van der Waals surface area contributed by atoms with E-state index < -0.39 is 0 Å². The number of benzene rings is 1. The molecule has 3 rings (SSSR count). The summed E-state index contributed by atoms with van der Waals surface area (Å²) in [6.45, 7) is 4.96. The van der Waals surface area contributed by atoms with Gasteiger partial charge in [-0.3, -0.25) is 14.5 Å². The van der Waals surface area contributed by atoms with Crippen molar-refractivity contribution in [1.29, 1.82) is 0 Å². The monoisotopic (exact) mass is 348 g/mol. The Balaban J connectivity index is 1.86. The van der Waals surface area contributed by atoms with Crippen LogP contribution >= 0.6 is 0 Å². The SMILES string of the molecule is CC[C@@H](c1cccnc1)N(C)C(=O)c1cccc(-c2cnn(CC)c2)c1. The molecular weight excluding hydrogens is 324 g/mol. The van der Waals surface area contributed by atoms with Gasteiger partial charge >= 0.3 is 0 Å². The normalized spacial score (nSPS) is 12.0. The fourth-order valence-corrected chi connectivity index (χ4v) is 3.17. The molecule has 0 fully saturated rings. The molecule has 0 spiro atoms. The zero-order valence-electron chi connectivity index (χ0n) is 15.5. The second-order valence-electron chi connectivity index (χ2n) is 6.29. The van der Waals surface area contributed by atoms with Crippen LogP contribution in [0.5, 0.6) is 0 Å². The molecule has 0 N–H and O–H groups in total. The number of carbonyl (C=O) groups excluding carboxylic acids is 1. The molecule has 1 atom stereocenters. The third-order valence-electron chi connectivity index (χ3n) is 4.64. The number of pyridine rings is 1. The largest absolute Gasteiger partial charge is 0.335 e. The van der Waals surface area contributed by atoms with E-state index in [0.717, 1.165) is 29.7 Å². The minimum absolute atomic E-state index is 0.00250. The summed E-state index contributed by atoms with van der Waals surface area (Å²) in [6.07, 6.45) is 8.24. The van der Waals surface area contributed by atoms with E-state index >= 15 is 0 Å². The van der Waals surface area contributed by atoms with E-state index in [-0.39, 0.29) is 11.9 Å². The lowest BCUT2D eigenvalue weighted by Gasteiger charge is -2.27. The summed E-state index contributed by atoms with van der Waals surface area (Å²) in [6, 6.07) is 11.6. The first-order valence-electron chi connectivity index (χ1n) is 8.94. The predicted molar refractivity (Wildman–Crippen MR) is 103 cm³/mol. The molecule has 0 unspecified atom stereocenters. The lowest BCUT2D eigenvalue weighted by Crippen LogP contribution is -2.31. The van der Waals surface area contributed by atoms with Crippen LogP contribution in [-0.2, 0) is 6.54 Å². The van der Waals surface area contributed by atoms with Gasteiger partial charge < -0.3 is 4.90 Å². The van der Waals surface area contributed by atoms with Crippen LogP contribution in [0.2, 0.25) is 0 Å². The van der Waals surface area contributed by atoms with Crippen molar-refractivity contribution in [3.05, 3.63) is 72.3 Å². The summed E-state index contributed by atoms with van der Waals surface area (Å²) in [5, 5.41) is 4.32. The number of carbonyl (C=O) groups is 1. The summed E-state index contributed by atoms with van der Waals surface area (Å²) in [5.74, 6) is 0.00503. The third-order valence-corrected chi connectivity index (χ3v) is 4.64. The fraction of sp³-hybridized carbons (Fsp3) is 0.286. The van der Waals surface area contributed by atoms with Crippen LogP contribution in [0.1, 0.15) is 42.2 Å².